The van der Waals surface area contributed by atoms with Crippen LogP contribution in [0.2, 0.25) is 0 Å². The molecule has 11 heteroatoms. The summed E-state index contributed by atoms with van der Waals surface area (Å²) in [5.41, 5.74) is 2.75. The monoisotopic (exact) mass is 401 g/mol. The fraction of sp³-hybridized carbons (Fsp3) is 0.706. The van der Waals surface area contributed by atoms with Crippen molar-refractivity contribution in [2.24, 2.45) is 5.92 Å². The van der Waals surface area contributed by atoms with Crippen molar-refractivity contribution < 1.29 is 38.5 Å². The number of carbonyl (C=O) groups is 5. The van der Waals surface area contributed by atoms with Crippen molar-refractivity contribution >= 4 is 29.6 Å². The second-order valence-corrected chi connectivity index (χ2v) is 8.17. The van der Waals surface area contributed by atoms with E-state index in [4.69, 9.17) is 14.5 Å². The molecular formula is C17H27N3O8. The van der Waals surface area contributed by atoms with Crippen LogP contribution in [0.15, 0.2) is 0 Å². The quantitative estimate of drug-likeness (QED) is 0.352. The predicted molar refractivity (Wildman–Crippen MR) is 93.2 cm³/mol. The summed E-state index contributed by atoms with van der Waals surface area (Å²) < 4.78 is 0. The van der Waals surface area contributed by atoms with Gasteiger partial charge in [-0.1, -0.05) is 0 Å². The van der Waals surface area contributed by atoms with Crippen LogP contribution in [0.25, 0.3) is 0 Å². The van der Waals surface area contributed by atoms with Crippen LogP contribution >= 0.6 is 0 Å². The summed E-state index contributed by atoms with van der Waals surface area (Å²) in [5.74, 6) is -6.07. The molecule has 0 aromatic rings. The van der Waals surface area contributed by atoms with E-state index >= 15 is 0 Å². The van der Waals surface area contributed by atoms with Crippen LogP contribution in [-0.4, -0.2) is 45.9 Å². The maximum atomic E-state index is 12.4. The first-order valence-electron chi connectivity index (χ1n) is 8.72. The summed E-state index contributed by atoms with van der Waals surface area (Å²) in [7, 11) is 0. The maximum Gasteiger partial charge on any atom is 0.346 e. The second kappa shape index (κ2) is 9.11. The first-order valence-corrected chi connectivity index (χ1v) is 8.72. The molecule has 0 saturated carbocycles. The molecule has 11 nitrogen and oxygen atoms in total. The molecule has 1 fully saturated rings. The normalized spacial score (nSPS) is 16.0. The molecule has 0 spiro atoms. The van der Waals surface area contributed by atoms with Gasteiger partial charge in [0, 0.05) is 12.8 Å². The molecule has 0 bridgehead atoms. The van der Waals surface area contributed by atoms with Gasteiger partial charge in [0.15, 0.2) is 0 Å². The summed E-state index contributed by atoms with van der Waals surface area (Å²) in [5, 5.41) is 0.302. The van der Waals surface area contributed by atoms with Crippen LogP contribution in [0.1, 0.15) is 60.8 Å². The van der Waals surface area contributed by atoms with Crippen LogP contribution in [0, 0.1) is 5.92 Å². The highest BCUT2D eigenvalue weighted by atomic mass is 16.7. The van der Waals surface area contributed by atoms with Crippen molar-refractivity contribution in [2.75, 3.05) is 0 Å². The number of rotatable bonds is 7. The Morgan fingerprint density at radius 1 is 0.929 bits per heavy atom. The Morgan fingerprint density at radius 2 is 1.39 bits per heavy atom. The van der Waals surface area contributed by atoms with Gasteiger partial charge in [-0.2, -0.15) is 0 Å². The summed E-state index contributed by atoms with van der Waals surface area (Å²) in [6.45, 7) is 10.0. The van der Waals surface area contributed by atoms with E-state index in [9.17, 15) is 24.0 Å². The lowest BCUT2D eigenvalue weighted by atomic mass is 10.1. The Bertz CT molecular complexity index is 632. The molecule has 1 aliphatic rings. The van der Waals surface area contributed by atoms with Crippen LogP contribution in [0.5, 0.6) is 0 Å². The third-order valence-electron chi connectivity index (χ3n) is 3.11. The van der Waals surface area contributed by atoms with Gasteiger partial charge in [0.2, 0.25) is 5.91 Å². The van der Waals surface area contributed by atoms with Crippen LogP contribution < -0.4 is 11.0 Å². The molecule has 158 valence electrons. The van der Waals surface area contributed by atoms with Gasteiger partial charge >= 0.3 is 5.97 Å². The third-order valence-corrected chi connectivity index (χ3v) is 3.11. The van der Waals surface area contributed by atoms with Gasteiger partial charge < -0.3 is 4.84 Å². The number of nitrogens with one attached hydrogen (secondary N) is 2. The van der Waals surface area contributed by atoms with E-state index in [1.807, 2.05) is 0 Å². The standard InChI is InChI=1S/C17H27N3O8/c1-16(2,3)27-18-11(21)9-10(14(24)19-28-17(4,5)6)15(25)26-20-12(22)7-8-13(20)23/h10H,7-9H2,1-6H3,(H,18,21)(H,19,24). The Kier molecular flexibility index (Phi) is 7.65. The van der Waals surface area contributed by atoms with Gasteiger partial charge in [0.1, 0.15) is 5.92 Å². The summed E-state index contributed by atoms with van der Waals surface area (Å²) in [4.78, 5) is 75.0. The number of hydroxylamine groups is 4. The minimum Gasteiger partial charge on any atom is -0.329 e. The number of hydrogen-bond donors (Lipinski definition) is 2. The number of imide groups is 1. The SMILES string of the molecule is CC(C)(C)ONC(=O)CC(C(=O)NOC(C)(C)C)C(=O)ON1C(=O)CCC1=O. The largest absolute Gasteiger partial charge is 0.346 e. The molecule has 0 radical (unpaired) electrons. The molecule has 2 N–H and O–H groups in total. The molecule has 1 atom stereocenters. The van der Waals surface area contributed by atoms with E-state index in [1.54, 1.807) is 41.5 Å². The molecular weight excluding hydrogens is 374 g/mol. The Labute approximate surface area is 162 Å². The van der Waals surface area contributed by atoms with Gasteiger partial charge in [-0.25, -0.2) is 15.8 Å². The van der Waals surface area contributed by atoms with Crippen molar-refractivity contribution in [2.45, 2.75) is 72.0 Å². The van der Waals surface area contributed by atoms with E-state index < -0.39 is 53.1 Å². The lowest BCUT2D eigenvalue weighted by Crippen LogP contribution is -2.45. The molecule has 1 rings (SSSR count). The Morgan fingerprint density at radius 3 is 1.86 bits per heavy atom. The van der Waals surface area contributed by atoms with E-state index in [0.29, 0.717) is 5.06 Å². The first kappa shape index (κ1) is 23.5. The van der Waals surface area contributed by atoms with Gasteiger partial charge in [0.05, 0.1) is 17.6 Å². The molecule has 1 heterocycles. The summed E-state index contributed by atoms with van der Waals surface area (Å²) in [6.07, 6.45) is -0.851. The molecule has 1 saturated heterocycles. The van der Waals surface area contributed by atoms with E-state index in [2.05, 4.69) is 11.0 Å². The Balaban J connectivity index is 2.85. The average Bonchev–Trinajstić information content (AvgIpc) is 2.86. The Hall–Kier alpha value is -2.53. The highest BCUT2D eigenvalue weighted by Crippen LogP contribution is 2.16. The highest BCUT2D eigenvalue weighted by Gasteiger charge is 2.38. The average molecular weight is 401 g/mol. The molecule has 1 aliphatic heterocycles. The number of nitrogens with zero attached hydrogens (tertiary/aromatic N) is 1. The zero-order valence-electron chi connectivity index (χ0n) is 16.9. The smallest absolute Gasteiger partial charge is 0.329 e. The lowest BCUT2D eigenvalue weighted by Gasteiger charge is -2.23. The van der Waals surface area contributed by atoms with Crippen LogP contribution in [0.3, 0.4) is 0 Å². The van der Waals surface area contributed by atoms with Gasteiger partial charge in [-0.15, -0.1) is 5.06 Å². The van der Waals surface area contributed by atoms with Gasteiger partial charge in [-0.3, -0.25) is 28.9 Å². The van der Waals surface area contributed by atoms with Crippen LogP contribution in [-0.2, 0) is 38.5 Å². The van der Waals surface area contributed by atoms with Crippen molar-refractivity contribution in [3.05, 3.63) is 0 Å². The minimum atomic E-state index is -1.67. The lowest BCUT2D eigenvalue weighted by molar-refractivity contribution is -0.202. The molecule has 28 heavy (non-hydrogen) atoms. The number of amides is 4. The summed E-state index contributed by atoms with van der Waals surface area (Å²) >= 11 is 0. The molecule has 1 unspecified atom stereocenters. The third kappa shape index (κ3) is 8.01. The van der Waals surface area contributed by atoms with E-state index in [1.165, 1.54) is 0 Å². The van der Waals surface area contributed by atoms with Crippen molar-refractivity contribution in [3.8, 4) is 0 Å². The molecule has 0 aromatic carbocycles. The number of carbonyl (C=O) groups excluding carboxylic acids is 5. The fourth-order valence-corrected chi connectivity index (χ4v) is 1.81. The molecule has 0 aliphatic carbocycles. The van der Waals surface area contributed by atoms with Crippen molar-refractivity contribution in [1.82, 2.24) is 16.0 Å². The fourth-order valence-electron chi connectivity index (χ4n) is 1.81. The van der Waals surface area contributed by atoms with E-state index in [-0.39, 0.29) is 12.8 Å². The van der Waals surface area contributed by atoms with Gasteiger partial charge in [0.25, 0.3) is 17.7 Å². The summed E-state index contributed by atoms with van der Waals surface area (Å²) in [6, 6.07) is 0. The topological polar surface area (TPSA) is 140 Å². The van der Waals surface area contributed by atoms with Gasteiger partial charge in [-0.05, 0) is 41.5 Å². The zero-order chi connectivity index (χ0) is 21.7. The van der Waals surface area contributed by atoms with Crippen LogP contribution in [0.4, 0.5) is 0 Å². The minimum absolute atomic E-state index is 0.101. The highest BCUT2D eigenvalue weighted by molar-refractivity contribution is 6.04. The van der Waals surface area contributed by atoms with Crippen molar-refractivity contribution in [1.29, 1.82) is 0 Å². The van der Waals surface area contributed by atoms with E-state index in [0.717, 1.165) is 0 Å². The van der Waals surface area contributed by atoms with Crippen molar-refractivity contribution in [3.63, 3.8) is 0 Å². The second-order valence-electron chi connectivity index (χ2n) is 8.17. The molecule has 4 amide bonds. The number of hydrogen-bond acceptors (Lipinski definition) is 8. The maximum absolute atomic E-state index is 12.4. The molecule has 0 aromatic heterocycles. The zero-order valence-corrected chi connectivity index (χ0v) is 16.9. The first-order chi connectivity index (χ1) is 12.7. The predicted octanol–water partition coefficient (Wildman–Crippen LogP) is 0.293.